The molecular formula is C33H42N4O6S. The molecule has 236 valence electrons. The SMILES string of the molecule is Cc1ccc(S(=O)(=O)N2CCNC(=O)C2CC(=O)N[C@@H]2CCCc3cc(C4=CCN(C(=O)OC(C)(C)C)CC4)ccc32)cc1. The fourth-order valence-electron chi connectivity index (χ4n) is 6.04. The Morgan fingerprint density at radius 1 is 1.07 bits per heavy atom. The van der Waals surface area contributed by atoms with Gasteiger partial charge in [-0.3, -0.25) is 9.59 Å². The van der Waals surface area contributed by atoms with Gasteiger partial charge in [-0.15, -0.1) is 0 Å². The fraction of sp³-hybridized carbons (Fsp3) is 0.485. The molecule has 11 heteroatoms. The van der Waals surface area contributed by atoms with E-state index in [9.17, 15) is 22.8 Å². The van der Waals surface area contributed by atoms with Crippen LogP contribution in [0, 0.1) is 6.92 Å². The van der Waals surface area contributed by atoms with Gasteiger partial charge in [-0.2, -0.15) is 4.31 Å². The van der Waals surface area contributed by atoms with E-state index in [-0.39, 0.29) is 42.4 Å². The molecule has 0 bridgehead atoms. The van der Waals surface area contributed by atoms with Crippen molar-refractivity contribution in [3.63, 3.8) is 0 Å². The molecule has 2 aromatic rings. The first kappa shape index (κ1) is 31.7. The molecule has 1 unspecified atom stereocenters. The third-order valence-electron chi connectivity index (χ3n) is 8.31. The van der Waals surface area contributed by atoms with Crippen LogP contribution < -0.4 is 10.6 Å². The average molecular weight is 623 g/mol. The maximum Gasteiger partial charge on any atom is 0.410 e. The largest absolute Gasteiger partial charge is 0.444 e. The number of piperazine rings is 1. The molecule has 3 aliphatic rings. The van der Waals surface area contributed by atoms with Gasteiger partial charge in [-0.05, 0) is 87.8 Å². The predicted molar refractivity (Wildman–Crippen MR) is 167 cm³/mol. The van der Waals surface area contributed by atoms with Gasteiger partial charge in [0, 0.05) is 26.2 Å². The van der Waals surface area contributed by atoms with E-state index in [0.29, 0.717) is 13.1 Å². The zero-order chi connectivity index (χ0) is 31.6. The Balaban J connectivity index is 1.26. The number of hydrogen-bond acceptors (Lipinski definition) is 6. The number of nitrogens with one attached hydrogen (secondary N) is 2. The minimum Gasteiger partial charge on any atom is -0.444 e. The van der Waals surface area contributed by atoms with Crippen LogP contribution in [0.2, 0.25) is 0 Å². The van der Waals surface area contributed by atoms with Crippen molar-refractivity contribution in [3.8, 4) is 0 Å². The van der Waals surface area contributed by atoms with E-state index in [1.54, 1.807) is 17.0 Å². The van der Waals surface area contributed by atoms with E-state index in [2.05, 4.69) is 34.9 Å². The number of amides is 3. The molecule has 44 heavy (non-hydrogen) atoms. The molecule has 2 atom stereocenters. The number of carbonyl (C=O) groups excluding carboxylic acids is 3. The molecule has 10 nitrogen and oxygen atoms in total. The maximum absolute atomic E-state index is 13.4. The molecule has 3 amide bonds. The quantitative estimate of drug-likeness (QED) is 0.500. The number of benzene rings is 2. The highest BCUT2D eigenvalue weighted by molar-refractivity contribution is 7.89. The van der Waals surface area contributed by atoms with Crippen LogP contribution >= 0.6 is 0 Å². The van der Waals surface area contributed by atoms with Gasteiger partial charge in [0.15, 0.2) is 0 Å². The van der Waals surface area contributed by atoms with Gasteiger partial charge in [-0.25, -0.2) is 13.2 Å². The lowest BCUT2D eigenvalue weighted by molar-refractivity contribution is -0.132. The molecule has 2 heterocycles. The third kappa shape index (κ3) is 7.15. The summed E-state index contributed by atoms with van der Waals surface area (Å²) in [7, 11) is -3.96. The van der Waals surface area contributed by atoms with Crippen molar-refractivity contribution < 1.29 is 27.5 Å². The standard InChI is InChI=1S/C33H42N4O6S/c1-22-8-11-26(12-9-22)44(41,42)37-19-16-34-31(39)29(37)21-30(38)35-28-7-5-6-25-20-24(10-13-27(25)28)23-14-17-36(18-15-23)32(40)43-33(2,3)4/h8-14,20,28-29H,5-7,15-19,21H2,1-4H3,(H,34,39)(H,35,38)/t28-,29?/m1/s1. The average Bonchev–Trinajstić information content (AvgIpc) is 2.97. The van der Waals surface area contributed by atoms with Crippen molar-refractivity contribution in [2.45, 2.75) is 82.4 Å². The molecule has 2 aromatic carbocycles. The highest BCUT2D eigenvalue weighted by atomic mass is 32.2. The minimum atomic E-state index is -3.96. The first-order valence-electron chi connectivity index (χ1n) is 15.3. The highest BCUT2D eigenvalue weighted by Gasteiger charge is 2.40. The van der Waals surface area contributed by atoms with E-state index < -0.39 is 27.6 Å². The fourth-order valence-corrected chi connectivity index (χ4v) is 7.63. The number of hydrogen-bond donors (Lipinski definition) is 2. The van der Waals surface area contributed by atoms with Gasteiger partial charge >= 0.3 is 6.09 Å². The van der Waals surface area contributed by atoms with Crippen molar-refractivity contribution in [1.29, 1.82) is 0 Å². The lowest BCUT2D eigenvalue weighted by atomic mass is 9.85. The number of carbonyl (C=O) groups is 3. The summed E-state index contributed by atoms with van der Waals surface area (Å²) in [6.07, 6.45) is 4.77. The monoisotopic (exact) mass is 622 g/mol. The lowest BCUT2D eigenvalue weighted by Crippen LogP contribution is -2.58. The van der Waals surface area contributed by atoms with Gasteiger partial charge < -0.3 is 20.3 Å². The molecule has 1 saturated heterocycles. The van der Waals surface area contributed by atoms with Crippen LogP contribution in [0.1, 0.15) is 74.8 Å². The molecule has 0 spiro atoms. The van der Waals surface area contributed by atoms with Crippen LogP contribution in [-0.4, -0.2) is 73.4 Å². The number of ether oxygens (including phenoxy) is 1. The summed E-state index contributed by atoms with van der Waals surface area (Å²) in [4.78, 5) is 40.4. The summed E-state index contributed by atoms with van der Waals surface area (Å²) in [6.45, 7) is 8.81. The molecule has 1 fully saturated rings. The second-order valence-corrected chi connectivity index (χ2v) is 14.7. The first-order chi connectivity index (χ1) is 20.8. The molecule has 1 aliphatic carbocycles. The minimum absolute atomic E-state index is 0.0975. The Kier molecular flexibility index (Phi) is 9.17. The first-order valence-corrected chi connectivity index (χ1v) is 16.7. The zero-order valence-electron chi connectivity index (χ0n) is 25.9. The smallest absolute Gasteiger partial charge is 0.410 e. The van der Waals surface area contributed by atoms with Crippen LogP contribution in [0.15, 0.2) is 53.4 Å². The molecule has 0 aromatic heterocycles. The van der Waals surface area contributed by atoms with Gasteiger partial charge in [0.1, 0.15) is 11.6 Å². The Morgan fingerprint density at radius 2 is 1.82 bits per heavy atom. The Hall–Kier alpha value is -3.70. The molecule has 5 rings (SSSR count). The van der Waals surface area contributed by atoms with Crippen LogP contribution in [-0.2, 0) is 30.8 Å². The molecule has 0 saturated carbocycles. The Labute approximate surface area is 259 Å². The van der Waals surface area contributed by atoms with Gasteiger partial charge in [0.25, 0.3) is 0 Å². The number of nitrogens with zero attached hydrogens (tertiary/aromatic N) is 2. The van der Waals surface area contributed by atoms with Gasteiger partial charge in [0.2, 0.25) is 21.8 Å². The van der Waals surface area contributed by atoms with E-state index in [1.807, 2.05) is 27.7 Å². The Morgan fingerprint density at radius 3 is 2.50 bits per heavy atom. The normalized spacial score (nSPS) is 21.1. The van der Waals surface area contributed by atoms with Crippen molar-refractivity contribution in [2.24, 2.45) is 0 Å². The van der Waals surface area contributed by atoms with E-state index in [1.165, 1.54) is 17.7 Å². The number of sulfonamides is 1. The van der Waals surface area contributed by atoms with Crippen molar-refractivity contribution in [1.82, 2.24) is 19.8 Å². The molecular weight excluding hydrogens is 580 g/mol. The van der Waals surface area contributed by atoms with E-state index in [4.69, 9.17) is 4.74 Å². The van der Waals surface area contributed by atoms with Crippen molar-refractivity contribution in [3.05, 3.63) is 70.8 Å². The van der Waals surface area contributed by atoms with Gasteiger partial charge in [0.05, 0.1) is 17.4 Å². The number of fused-ring (bicyclic) bond motifs is 1. The summed E-state index contributed by atoms with van der Waals surface area (Å²) in [5.41, 5.74) is 4.88. The second-order valence-electron chi connectivity index (χ2n) is 12.8. The summed E-state index contributed by atoms with van der Waals surface area (Å²) in [5, 5.41) is 5.80. The van der Waals surface area contributed by atoms with E-state index in [0.717, 1.165) is 52.2 Å². The maximum atomic E-state index is 13.4. The zero-order valence-corrected chi connectivity index (χ0v) is 26.7. The van der Waals surface area contributed by atoms with Gasteiger partial charge in [-0.1, -0.05) is 42.0 Å². The molecule has 0 radical (unpaired) electrons. The predicted octanol–water partition coefficient (Wildman–Crippen LogP) is 4.09. The Bertz CT molecular complexity index is 1560. The third-order valence-corrected chi connectivity index (χ3v) is 10.2. The molecule has 2 aliphatic heterocycles. The molecule has 2 N–H and O–H groups in total. The number of rotatable bonds is 6. The summed E-state index contributed by atoms with van der Waals surface area (Å²) in [5.74, 6) is -0.836. The highest BCUT2D eigenvalue weighted by Crippen LogP contribution is 2.34. The second kappa shape index (κ2) is 12.7. The number of aryl methyl sites for hydroxylation is 2. The lowest BCUT2D eigenvalue weighted by Gasteiger charge is -2.34. The van der Waals surface area contributed by atoms with Crippen LogP contribution in [0.25, 0.3) is 5.57 Å². The van der Waals surface area contributed by atoms with Crippen LogP contribution in [0.4, 0.5) is 4.79 Å². The van der Waals surface area contributed by atoms with Crippen LogP contribution in [0.5, 0.6) is 0 Å². The topological polar surface area (TPSA) is 125 Å². The van der Waals surface area contributed by atoms with Crippen molar-refractivity contribution >= 4 is 33.5 Å². The summed E-state index contributed by atoms with van der Waals surface area (Å²) < 4.78 is 33.5. The van der Waals surface area contributed by atoms with Crippen LogP contribution in [0.3, 0.4) is 0 Å². The van der Waals surface area contributed by atoms with Crippen molar-refractivity contribution in [2.75, 3.05) is 26.2 Å². The summed E-state index contributed by atoms with van der Waals surface area (Å²) in [6, 6.07) is 11.4. The summed E-state index contributed by atoms with van der Waals surface area (Å²) >= 11 is 0. The van der Waals surface area contributed by atoms with E-state index >= 15 is 0 Å².